The highest BCUT2D eigenvalue weighted by Gasteiger charge is 1.93. The van der Waals surface area contributed by atoms with Gasteiger partial charge in [-0.15, -0.1) is 0 Å². The molecule has 2 aromatic rings. The van der Waals surface area contributed by atoms with Gasteiger partial charge >= 0.3 is 0 Å². The summed E-state index contributed by atoms with van der Waals surface area (Å²) < 4.78 is 12.7. The van der Waals surface area contributed by atoms with Crippen molar-refractivity contribution >= 4 is 11.4 Å². The van der Waals surface area contributed by atoms with E-state index in [4.69, 9.17) is 0 Å². The van der Waals surface area contributed by atoms with E-state index in [1.165, 1.54) is 17.7 Å². The fourth-order valence-corrected chi connectivity index (χ4v) is 1.65. The first kappa shape index (κ1) is 12.4. The second-order valence-electron chi connectivity index (χ2n) is 4.23. The largest absolute Gasteiger partial charge is 0.383 e. The van der Waals surface area contributed by atoms with Gasteiger partial charge in [0.15, 0.2) is 0 Å². The molecule has 0 unspecified atom stereocenters. The smallest absolute Gasteiger partial charge is 0.123 e. The molecule has 0 spiro atoms. The van der Waals surface area contributed by atoms with Crippen molar-refractivity contribution in [2.45, 2.75) is 6.92 Å². The Balaban J connectivity index is 0.00000180. The zero-order valence-corrected chi connectivity index (χ0v) is 10.4. The van der Waals surface area contributed by atoms with Crippen LogP contribution in [0.4, 0.5) is 15.8 Å². The molecule has 0 aliphatic rings. The molecular formula is C15H21FN2. The van der Waals surface area contributed by atoms with Crippen LogP contribution in [-0.4, -0.2) is 13.1 Å². The molecule has 0 atom stereocenters. The molecule has 18 heavy (non-hydrogen) atoms. The van der Waals surface area contributed by atoms with E-state index < -0.39 is 0 Å². The minimum Gasteiger partial charge on any atom is -0.383 e. The summed E-state index contributed by atoms with van der Waals surface area (Å²) in [5.41, 5.74) is 3.30. The second kappa shape index (κ2) is 6.05. The van der Waals surface area contributed by atoms with Crippen molar-refractivity contribution in [1.29, 1.82) is 0 Å². The van der Waals surface area contributed by atoms with Crippen LogP contribution in [0.25, 0.3) is 0 Å². The van der Waals surface area contributed by atoms with Crippen LogP contribution in [0.2, 0.25) is 0 Å². The van der Waals surface area contributed by atoms with Crippen molar-refractivity contribution in [3.63, 3.8) is 0 Å². The molecule has 0 fully saturated rings. The van der Waals surface area contributed by atoms with Crippen molar-refractivity contribution in [3.8, 4) is 0 Å². The number of hydrogen-bond donors (Lipinski definition) is 2. The summed E-state index contributed by atoms with van der Waals surface area (Å²) in [5, 5.41) is 6.54. The Morgan fingerprint density at radius 1 is 0.833 bits per heavy atom. The molecule has 0 aliphatic heterocycles. The van der Waals surface area contributed by atoms with E-state index in [0.717, 1.165) is 24.5 Å². The van der Waals surface area contributed by atoms with Gasteiger partial charge in [0.2, 0.25) is 0 Å². The highest BCUT2D eigenvalue weighted by molar-refractivity contribution is 5.46. The zero-order chi connectivity index (χ0) is 12.8. The van der Waals surface area contributed by atoms with E-state index in [2.05, 4.69) is 41.8 Å². The summed E-state index contributed by atoms with van der Waals surface area (Å²) >= 11 is 0. The molecule has 98 valence electrons. The Morgan fingerprint density at radius 3 is 1.78 bits per heavy atom. The summed E-state index contributed by atoms with van der Waals surface area (Å²) in [5.74, 6) is -0.210. The first-order valence-electron chi connectivity index (χ1n) is 6.04. The Labute approximate surface area is 110 Å². The second-order valence-corrected chi connectivity index (χ2v) is 4.23. The van der Waals surface area contributed by atoms with Gasteiger partial charge in [-0.3, -0.25) is 0 Å². The molecule has 0 radical (unpaired) electrons. The lowest BCUT2D eigenvalue weighted by atomic mass is 10.2. The standard InChI is InChI=1S/C15H17FN2.2H2/c1-12-2-6-14(7-3-12)17-10-11-18-15-8-4-13(16)5-9-15;;/h2-9,17-18H,10-11H2,1H3;2*1H. The Kier molecular flexibility index (Phi) is 4.18. The summed E-state index contributed by atoms with van der Waals surface area (Å²) in [4.78, 5) is 0. The number of rotatable bonds is 5. The van der Waals surface area contributed by atoms with Crippen molar-refractivity contribution in [3.05, 3.63) is 59.9 Å². The summed E-state index contributed by atoms with van der Waals surface area (Å²) in [7, 11) is 0. The third kappa shape index (κ3) is 3.77. The maximum absolute atomic E-state index is 12.7. The van der Waals surface area contributed by atoms with Gasteiger partial charge in [0, 0.05) is 27.3 Å². The third-order valence-corrected chi connectivity index (χ3v) is 2.68. The first-order chi connectivity index (χ1) is 8.74. The highest BCUT2D eigenvalue weighted by atomic mass is 19.1. The number of nitrogens with one attached hydrogen (secondary N) is 2. The van der Waals surface area contributed by atoms with Crippen LogP contribution >= 0.6 is 0 Å². The van der Waals surface area contributed by atoms with Gasteiger partial charge in [-0.05, 0) is 43.3 Å². The molecule has 0 aliphatic carbocycles. The van der Waals surface area contributed by atoms with Gasteiger partial charge in [-0.1, -0.05) is 17.7 Å². The van der Waals surface area contributed by atoms with Crippen molar-refractivity contribution in [1.82, 2.24) is 0 Å². The van der Waals surface area contributed by atoms with E-state index in [9.17, 15) is 4.39 Å². The van der Waals surface area contributed by atoms with E-state index >= 15 is 0 Å². The highest BCUT2D eigenvalue weighted by Crippen LogP contribution is 2.09. The topological polar surface area (TPSA) is 24.1 Å². The minimum absolute atomic E-state index is 0. The van der Waals surface area contributed by atoms with Gasteiger partial charge in [-0.2, -0.15) is 0 Å². The Hall–Kier alpha value is -2.03. The van der Waals surface area contributed by atoms with E-state index in [0.29, 0.717) is 0 Å². The van der Waals surface area contributed by atoms with Crippen LogP contribution in [0, 0.1) is 12.7 Å². The lowest BCUT2D eigenvalue weighted by molar-refractivity contribution is 0.628. The normalized spacial score (nSPS) is 10.1. The molecule has 2 aromatic carbocycles. The number of anilines is 2. The Morgan fingerprint density at radius 2 is 1.28 bits per heavy atom. The van der Waals surface area contributed by atoms with Gasteiger partial charge in [-0.25, -0.2) is 4.39 Å². The van der Waals surface area contributed by atoms with Crippen molar-refractivity contribution < 1.29 is 7.24 Å². The van der Waals surface area contributed by atoms with Crippen LogP contribution < -0.4 is 10.6 Å². The van der Waals surface area contributed by atoms with Crippen molar-refractivity contribution in [2.24, 2.45) is 0 Å². The van der Waals surface area contributed by atoms with Gasteiger partial charge in [0.1, 0.15) is 5.82 Å². The molecule has 0 bridgehead atoms. The molecule has 2 nitrogen and oxygen atoms in total. The van der Waals surface area contributed by atoms with E-state index in [-0.39, 0.29) is 8.67 Å². The van der Waals surface area contributed by atoms with Gasteiger partial charge in [0.25, 0.3) is 0 Å². The average Bonchev–Trinajstić information content (AvgIpc) is 2.39. The lowest BCUT2D eigenvalue weighted by Crippen LogP contribution is -2.13. The quantitative estimate of drug-likeness (QED) is 0.777. The van der Waals surface area contributed by atoms with Crippen LogP contribution in [-0.2, 0) is 0 Å². The molecule has 3 heteroatoms. The molecule has 2 N–H and O–H groups in total. The van der Waals surface area contributed by atoms with Crippen LogP contribution in [0.1, 0.15) is 8.42 Å². The van der Waals surface area contributed by atoms with Crippen LogP contribution in [0.3, 0.4) is 0 Å². The fraction of sp³-hybridized carbons (Fsp3) is 0.200. The van der Waals surface area contributed by atoms with Gasteiger partial charge in [0.05, 0.1) is 0 Å². The molecule has 2 rings (SSSR count). The first-order valence-corrected chi connectivity index (χ1v) is 6.04. The number of aryl methyl sites for hydroxylation is 1. The monoisotopic (exact) mass is 248 g/mol. The third-order valence-electron chi connectivity index (χ3n) is 2.68. The van der Waals surface area contributed by atoms with Gasteiger partial charge < -0.3 is 10.6 Å². The number of halogens is 1. The number of benzene rings is 2. The molecule has 0 aromatic heterocycles. The molecule has 0 heterocycles. The predicted octanol–water partition coefficient (Wildman–Crippen LogP) is 4.15. The number of hydrogen-bond acceptors (Lipinski definition) is 2. The fourth-order valence-electron chi connectivity index (χ4n) is 1.65. The molecule has 0 amide bonds. The zero-order valence-electron chi connectivity index (χ0n) is 10.4. The minimum atomic E-state index is -0.210. The summed E-state index contributed by atoms with van der Waals surface area (Å²) in [6, 6.07) is 14.7. The predicted molar refractivity (Wildman–Crippen MR) is 78.8 cm³/mol. The lowest BCUT2D eigenvalue weighted by Gasteiger charge is -2.09. The average molecular weight is 248 g/mol. The summed E-state index contributed by atoms with van der Waals surface area (Å²) in [6.45, 7) is 3.68. The maximum Gasteiger partial charge on any atom is 0.123 e. The van der Waals surface area contributed by atoms with Crippen LogP contribution in [0.15, 0.2) is 48.5 Å². The van der Waals surface area contributed by atoms with E-state index in [1.54, 1.807) is 12.1 Å². The maximum atomic E-state index is 12.7. The molecular weight excluding hydrogens is 227 g/mol. The molecule has 0 saturated carbocycles. The SMILES string of the molecule is Cc1ccc(NCCNc2ccc(F)cc2)cc1.[HH].[HH]. The Bertz CT molecular complexity index is 439. The van der Waals surface area contributed by atoms with E-state index in [1.807, 2.05) is 0 Å². The summed E-state index contributed by atoms with van der Waals surface area (Å²) in [6.07, 6.45) is 0. The van der Waals surface area contributed by atoms with Crippen molar-refractivity contribution in [2.75, 3.05) is 23.7 Å². The molecule has 0 saturated heterocycles. The van der Waals surface area contributed by atoms with Crippen LogP contribution in [0.5, 0.6) is 0 Å².